The van der Waals surface area contributed by atoms with Gasteiger partial charge in [0.1, 0.15) is 5.75 Å². The lowest BCUT2D eigenvalue weighted by atomic mass is 10.1. The number of carbonyl (C=O) groups is 1. The van der Waals surface area contributed by atoms with Gasteiger partial charge in [-0.3, -0.25) is 4.79 Å². The third-order valence-electron chi connectivity index (χ3n) is 2.63. The third kappa shape index (κ3) is 4.45. The number of benzene rings is 1. The van der Waals surface area contributed by atoms with Gasteiger partial charge in [0.15, 0.2) is 0 Å². The molecule has 0 fully saturated rings. The molecule has 0 aliphatic carbocycles. The van der Waals surface area contributed by atoms with Gasteiger partial charge in [0.25, 0.3) is 5.91 Å². The van der Waals surface area contributed by atoms with E-state index in [1.807, 2.05) is 14.1 Å². The zero-order chi connectivity index (χ0) is 13.7. The molecule has 1 rings (SSSR count). The van der Waals surface area contributed by atoms with E-state index in [9.17, 15) is 9.90 Å². The van der Waals surface area contributed by atoms with E-state index in [1.165, 1.54) is 0 Å². The highest BCUT2D eigenvalue weighted by Crippen LogP contribution is 2.21. The summed E-state index contributed by atoms with van der Waals surface area (Å²) in [6.07, 6.45) is 0.917. The van der Waals surface area contributed by atoms with E-state index in [4.69, 9.17) is 0 Å². The van der Waals surface area contributed by atoms with Gasteiger partial charge in [0.2, 0.25) is 0 Å². The summed E-state index contributed by atoms with van der Waals surface area (Å²) < 4.78 is 0.940. The van der Waals surface area contributed by atoms with Crippen LogP contribution < -0.4 is 0 Å². The average Bonchev–Trinajstić information content (AvgIpc) is 2.30. The topological polar surface area (TPSA) is 43.8 Å². The number of hydrogen-bond acceptors (Lipinski definition) is 3. The Bertz CT molecular complexity index is 421. The van der Waals surface area contributed by atoms with Crippen LogP contribution in [0.4, 0.5) is 0 Å². The molecule has 100 valence electrons. The molecule has 0 bridgehead atoms. The van der Waals surface area contributed by atoms with E-state index >= 15 is 0 Å². The normalized spacial score (nSPS) is 10.7. The molecule has 1 aromatic carbocycles. The van der Waals surface area contributed by atoms with Crippen molar-refractivity contribution >= 4 is 28.5 Å². The van der Waals surface area contributed by atoms with Crippen LogP contribution in [-0.4, -0.2) is 55.0 Å². The monoisotopic (exact) mass is 362 g/mol. The zero-order valence-electron chi connectivity index (χ0n) is 11.0. The van der Waals surface area contributed by atoms with Gasteiger partial charge < -0.3 is 14.9 Å². The predicted molar refractivity (Wildman–Crippen MR) is 81.0 cm³/mol. The largest absolute Gasteiger partial charge is 0.507 e. The Morgan fingerprint density at radius 3 is 2.56 bits per heavy atom. The van der Waals surface area contributed by atoms with Crippen molar-refractivity contribution < 1.29 is 9.90 Å². The Morgan fingerprint density at radius 2 is 1.94 bits per heavy atom. The molecule has 0 aliphatic rings. The molecule has 0 aliphatic heterocycles. The highest BCUT2D eigenvalue weighted by molar-refractivity contribution is 14.1. The Labute approximate surface area is 122 Å². The second-order valence-electron chi connectivity index (χ2n) is 4.55. The van der Waals surface area contributed by atoms with Gasteiger partial charge in [-0.05, 0) is 67.9 Å². The number of phenols is 1. The first kappa shape index (κ1) is 15.2. The molecular formula is C13H19IN2O2. The number of nitrogens with zero attached hydrogens (tertiary/aromatic N) is 2. The molecule has 0 spiro atoms. The van der Waals surface area contributed by atoms with E-state index in [2.05, 4.69) is 27.5 Å². The molecule has 0 radical (unpaired) electrons. The summed E-state index contributed by atoms with van der Waals surface area (Å²) in [6, 6.07) is 5.04. The Balaban J connectivity index is 2.65. The molecule has 1 amide bonds. The van der Waals surface area contributed by atoms with Gasteiger partial charge >= 0.3 is 0 Å². The molecular weight excluding hydrogens is 343 g/mol. The molecule has 0 saturated heterocycles. The molecule has 1 aromatic rings. The lowest BCUT2D eigenvalue weighted by molar-refractivity contribution is 0.0787. The summed E-state index contributed by atoms with van der Waals surface area (Å²) in [5.41, 5.74) is 0.370. The second-order valence-corrected chi connectivity index (χ2v) is 5.79. The van der Waals surface area contributed by atoms with Crippen LogP contribution in [0.15, 0.2) is 18.2 Å². The maximum atomic E-state index is 12.1. The number of rotatable bonds is 5. The molecule has 18 heavy (non-hydrogen) atoms. The molecule has 0 saturated carbocycles. The molecule has 0 atom stereocenters. The fourth-order valence-electron chi connectivity index (χ4n) is 1.61. The standard InChI is InChI=1S/C13H19IN2O2/c1-15(2)7-4-8-16(3)13(18)11-9-10(14)5-6-12(11)17/h5-6,9,17H,4,7-8H2,1-3H3. The lowest BCUT2D eigenvalue weighted by Crippen LogP contribution is -2.29. The average molecular weight is 362 g/mol. The van der Waals surface area contributed by atoms with Gasteiger partial charge in [0.05, 0.1) is 5.56 Å². The summed E-state index contributed by atoms with van der Waals surface area (Å²) >= 11 is 2.13. The Hall–Kier alpha value is -0.820. The number of halogens is 1. The van der Waals surface area contributed by atoms with E-state index < -0.39 is 0 Å². The first-order chi connectivity index (χ1) is 8.41. The van der Waals surface area contributed by atoms with Crippen molar-refractivity contribution in [1.82, 2.24) is 9.80 Å². The van der Waals surface area contributed by atoms with Crippen LogP contribution in [0.3, 0.4) is 0 Å². The van der Waals surface area contributed by atoms with Crippen LogP contribution in [0.5, 0.6) is 5.75 Å². The summed E-state index contributed by atoms with van der Waals surface area (Å²) in [6.45, 7) is 1.62. The van der Waals surface area contributed by atoms with Crippen LogP contribution in [-0.2, 0) is 0 Å². The summed E-state index contributed by atoms with van der Waals surface area (Å²) in [4.78, 5) is 15.9. The van der Waals surface area contributed by atoms with E-state index in [-0.39, 0.29) is 11.7 Å². The molecule has 4 nitrogen and oxygen atoms in total. The summed E-state index contributed by atoms with van der Waals surface area (Å²) in [7, 11) is 5.78. The van der Waals surface area contributed by atoms with E-state index in [0.29, 0.717) is 12.1 Å². The molecule has 0 aromatic heterocycles. The van der Waals surface area contributed by atoms with Crippen molar-refractivity contribution in [3.8, 4) is 5.75 Å². The van der Waals surface area contributed by atoms with Crippen molar-refractivity contribution in [3.05, 3.63) is 27.3 Å². The van der Waals surface area contributed by atoms with Crippen molar-refractivity contribution in [1.29, 1.82) is 0 Å². The molecule has 0 unspecified atom stereocenters. The van der Waals surface area contributed by atoms with Gasteiger partial charge in [-0.1, -0.05) is 0 Å². The van der Waals surface area contributed by atoms with Gasteiger partial charge in [-0.25, -0.2) is 0 Å². The summed E-state index contributed by atoms with van der Waals surface area (Å²) in [5, 5.41) is 9.71. The second kappa shape index (κ2) is 6.94. The highest BCUT2D eigenvalue weighted by Gasteiger charge is 2.15. The number of amides is 1. The zero-order valence-corrected chi connectivity index (χ0v) is 13.1. The smallest absolute Gasteiger partial charge is 0.257 e. The number of carbonyl (C=O) groups excluding carboxylic acids is 1. The van der Waals surface area contributed by atoms with Crippen molar-refractivity contribution in [3.63, 3.8) is 0 Å². The van der Waals surface area contributed by atoms with Crippen LogP contribution in [0.1, 0.15) is 16.8 Å². The van der Waals surface area contributed by atoms with Crippen molar-refractivity contribution in [2.45, 2.75) is 6.42 Å². The van der Waals surface area contributed by atoms with Crippen molar-refractivity contribution in [2.75, 3.05) is 34.2 Å². The SMILES string of the molecule is CN(C)CCCN(C)C(=O)c1cc(I)ccc1O. The van der Waals surface area contributed by atoms with E-state index in [0.717, 1.165) is 16.5 Å². The Morgan fingerprint density at radius 1 is 1.28 bits per heavy atom. The quantitative estimate of drug-likeness (QED) is 0.816. The third-order valence-corrected chi connectivity index (χ3v) is 3.31. The minimum Gasteiger partial charge on any atom is -0.507 e. The molecule has 1 N–H and O–H groups in total. The lowest BCUT2D eigenvalue weighted by Gasteiger charge is -2.19. The first-order valence-electron chi connectivity index (χ1n) is 5.80. The number of phenolic OH excluding ortho intramolecular Hbond substituents is 1. The van der Waals surface area contributed by atoms with Crippen LogP contribution in [0.25, 0.3) is 0 Å². The van der Waals surface area contributed by atoms with Crippen LogP contribution in [0.2, 0.25) is 0 Å². The summed E-state index contributed by atoms with van der Waals surface area (Å²) in [5.74, 6) is -0.0929. The minimum absolute atomic E-state index is 0.0416. The first-order valence-corrected chi connectivity index (χ1v) is 6.88. The molecule has 0 heterocycles. The fourth-order valence-corrected chi connectivity index (χ4v) is 2.10. The van der Waals surface area contributed by atoms with Crippen molar-refractivity contribution in [2.24, 2.45) is 0 Å². The van der Waals surface area contributed by atoms with Gasteiger partial charge in [-0.2, -0.15) is 0 Å². The van der Waals surface area contributed by atoms with Crippen LogP contribution >= 0.6 is 22.6 Å². The van der Waals surface area contributed by atoms with Gasteiger partial charge in [0, 0.05) is 17.2 Å². The number of aromatic hydroxyl groups is 1. The maximum Gasteiger partial charge on any atom is 0.257 e. The fraction of sp³-hybridized carbons (Fsp3) is 0.462. The van der Waals surface area contributed by atoms with Gasteiger partial charge in [-0.15, -0.1) is 0 Å². The predicted octanol–water partition coefficient (Wildman–Crippen LogP) is 2.02. The molecule has 5 heteroatoms. The van der Waals surface area contributed by atoms with E-state index in [1.54, 1.807) is 30.1 Å². The maximum absolute atomic E-state index is 12.1. The minimum atomic E-state index is -0.134. The number of hydrogen-bond donors (Lipinski definition) is 1. The van der Waals surface area contributed by atoms with Crippen LogP contribution in [0, 0.1) is 3.57 Å². The highest BCUT2D eigenvalue weighted by atomic mass is 127. The Kier molecular flexibility index (Phi) is 5.87.